The number of nitrogens with zero attached hydrogens (tertiary/aromatic N) is 2. The minimum absolute atomic E-state index is 0.0296. The average Bonchev–Trinajstić information content (AvgIpc) is 3.07. The molecular formula is C20H22ClN3O2S. The smallest absolute Gasteiger partial charge is 0.238 e. The molecular weight excluding hydrogens is 382 g/mol. The summed E-state index contributed by atoms with van der Waals surface area (Å²) in [5, 5.41) is 4.51. The maximum absolute atomic E-state index is 12.5. The van der Waals surface area contributed by atoms with Crippen LogP contribution in [0, 0.1) is 6.92 Å². The number of rotatable bonds is 6. The Morgan fingerprint density at radius 1 is 1.37 bits per heavy atom. The number of anilines is 1. The van der Waals surface area contributed by atoms with Crippen molar-refractivity contribution in [3.8, 4) is 5.75 Å². The van der Waals surface area contributed by atoms with Crippen molar-refractivity contribution in [2.75, 3.05) is 26.0 Å². The number of thiazole rings is 1. The zero-order valence-corrected chi connectivity index (χ0v) is 17.3. The average molecular weight is 404 g/mol. The lowest BCUT2D eigenvalue weighted by Gasteiger charge is -2.22. The second kappa shape index (κ2) is 8.25. The number of carbonyl (C=O) groups excluding carboxylic acids is 1. The zero-order chi connectivity index (χ0) is 19.6. The van der Waals surface area contributed by atoms with Gasteiger partial charge in [0.1, 0.15) is 10.8 Å². The topological polar surface area (TPSA) is 54.5 Å². The van der Waals surface area contributed by atoms with Crippen molar-refractivity contribution in [2.45, 2.75) is 19.9 Å². The molecule has 142 valence electrons. The summed E-state index contributed by atoms with van der Waals surface area (Å²) in [5.74, 6) is 0.423. The maximum atomic E-state index is 12.5. The third-order valence-electron chi connectivity index (χ3n) is 4.48. The predicted octanol–water partition coefficient (Wildman–Crippen LogP) is 4.90. The predicted molar refractivity (Wildman–Crippen MR) is 112 cm³/mol. The number of nitrogens with one attached hydrogen (secondary N) is 1. The first-order valence-corrected chi connectivity index (χ1v) is 9.78. The molecule has 27 heavy (non-hydrogen) atoms. The molecule has 3 aromatic rings. The molecule has 0 saturated heterocycles. The van der Waals surface area contributed by atoms with Crippen LogP contribution in [0.1, 0.15) is 23.5 Å². The zero-order valence-electron chi connectivity index (χ0n) is 15.7. The van der Waals surface area contributed by atoms with Gasteiger partial charge in [0.25, 0.3) is 0 Å². The highest BCUT2D eigenvalue weighted by Gasteiger charge is 2.19. The number of aryl methyl sites for hydroxylation is 1. The lowest BCUT2D eigenvalue weighted by Crippen LogP contribution is -2.32. The van der Waals surface area contributed by atoms with Crippen LogP contribution in [-0.2, 0) is 4.79 Å². The first kappa shape index (κ1) is 19.6. The van der Waals surface area contributed by atoms with E-state index in [0.717, 1.165) is 20.8 Å². The minimum atomic E-state index is -0.120. The van der Waals surface area contributed by atoms with Crippen LogP contribution in [0.5, 0.6) is 5.75 Å². The molecule has 0 saturated carbocycles. The van der Waals surface area contributed by atoms with Crippen molar-refractivity contribution in [2.24, 2.45) is 0 Å². The number of aromatic nitrogens is 1. The van der Waals surface area contributed by atoms with Crippen molar-refractivity contribution >= 4 is 44.7 Å². The third-order valence-corrected chi connectivity index (χ3v) is 6.09. The van der Waals surface area contributed by atoms with Gasteiger partial charge in [-0.1, -0.05) is 23.7 Å². The van der Waals surface area contributed by atoms with Crippen molar-refractivity contribution in [3.63, 3.8) is 0 Å². The number of ether oxygens (including phenoxy) is 1. The van der Waals surface area contributed by atoms with Gasteiger partial charge in [-0.2, -0.15) is 0 Å². The molecule has 0 radical (unpaired) electrons. The van der Waals surface area contributed by atoms with E-state index in [2.05, 4.69) is 23.3 Å². The van der Waals surface area contributed by atoms with Gasteiger partial charge in [-0.05, 0) is 44.7 Å². The molecule has 1 aromatic heterocycles. The molecule has 0 aliphatic rings. The van der Waals surface area contributed by atoms with E-state index >= 15 is 0 Å². The van der Waals surface area contributed by atoms with Crippen LogP contribution in [0.3, 0.4) is 0 Å². The first-order chi connectivity index (χ1) is 12.9. The van der Waals surface area contributed by atoms with Crippen LogP contribution < -0.4 is 10.1 Å². The highest BCUT2D eigenvalue weighted by atomic mass is 35.5. The highest BCUT2D eigenvalue weighted by Crippen LogP contribution is 2.31. The van der Waals surface area contributed by atoms with Gasteiger partial charge in [0.05, 0.1) is 35.6 Å². The van der Waals surface area contributed by atoms with E-state index in [0.29, 0.717) is 16.5 Å². The monoisotopic (exact) mass is 403 g/mol. The summed E-state index contributed by atoms with van der Waals surface area (Å²) in [5.41, 5.74) is 2.48. The van der Waals surface area contributed by atoms with Gasteiger partial charge in [-0.15, -0.1) is 11.3 Å². The van der Waals surface area contributed by atoms with Crippen LogP contribution in [0.25, 0.3) is 10.2 Å². The molecule has 0 fully saturated rings. The molecule has 1 unspecified atom stereocenters. The summed E-state index contributed by atoms with van der Waals surface area (Å²) in [6.45, 7) is 4.18. The molecule has 0 bridgehead atoms. The molecule has 2 aromatic carbocycles. The summed E-state index contributed by atoms with van der Waals surface area (Å²) >= 11 is 7.78. The van der Waals surface area contributed by atoms with Gasteiger partial charge < -0.3 is 10.1 Å². The summed E-state index contributed by atoms with van der Waals surface area (Å²) in [6.07, 6.45) is 0. The number of para-hydroxylation sites is 1. The number of likely N-dealkylation sites (N-methyl/N-ethyl adjacent to an activating group) is 1. The Balaban J connectivity index is 1.69. The van der Waals surface area contributed by atoms with Gasteiger partial charge in [-0.3, -0.25) is 9.69 Å². The molecule has 0 aliphatic carbocycles. The summed E-state index contributed by atoms with van der Waals surface area (Å²) in [4.78, 5) is 19.2. The molecule has 1 N–H and O–H groups in total. The molecule has 0 spiro atoms. The lowest BCUT2D eigenvalue weighted by atomic mass is 10.2. The van der Waals surface area contributed by atoms with E-state index < -0.39 is 0 Å². The molecule has 5 nitrogen and oxygen atoms in total. The standard InChI is InChI=1S/C20H22ClN3O2S/c1-12-9-16(17(26-4)10-14(12)21)22-19(25)11-24(3)13(2)20-23-15-7-5-6-8-18(15)27-20/h5-10,13H,11H2,1-4H3,(H,22,25). The van der Waals surface area contributed by atoms with Crippen LogP contribution >= 0.6 is 22.9 Å². The fourth-order valence-corrected chi connectivity index (χ4v) is 3.98. The quantitative estimate of drug-likeness (QED) is 0.636. The summed E-state index contributed by atoms with van der Waals surface area (Å²) in [6, 6.07) is 11.6. The lowest BCUT2D eigenvalue weighted by molar-refractivity contribution is -0.117. The second-order valence-corrected chi connectivity index (χ2v) is 7.93. The number of fused-ring (bicyclic) bond motifs is 1. The Morgan fingerprint density at radius 2 is 2.11 bits per heavy atom. The minimum Gasteiger partial charge on any atom is -0.495 e. The normalized spacial score (nSPS) is 12.4. The number of hydrogen-bond acceptors (Lipinski definition) is 5. The number of methoxy groups -OCH3 is 1. The molecule has 1 amide bonds. The molecule has 1 heterocycles. The Kier molecular flexibility index (Phi) is 5.99. The van der Waals surface area contributed by atoms with Gasteiger partial charge in [-0.25, -0.2) is 4.98 Å². The van der Waals surface area contributed by atoms with E-state index in [1.807, 2.05) is 43.1 Å². The number of halogens is 1. The summed E-state index contributed by atoms with van der Waals surface area (Å²) < 4.78 is 6.47. The number of benzene rings is 2. The Hall–Kier alpha value is -2.15. The molecule has 7 heteroatoms. The molecule has 1 atom stereocenters. The SMILES string of the molecule is COc1cc(Cl)c(C)cc1NC(=O)CN(C)C(C)c1nc2ccccc2s1. The van der Waals surface area contributed by atoms with Crippen molar-refractivity contribution in [1.29, 1.82) is 0 Å². The van der Waals surface area contributed by atoms with Crippen molar-refractivity contribution in [1.82, 2.24) is 9.88 Å². The largest absolute Gasteiger partial charge is 0.495 e. The van der Waals surface area contributed by atoms with Crippen LogP contribution in [-0.4, -0.2) is 36.5 Å². The van der Waals surface area contributed by atoms with Gasteiger partial charge in [0, 0.05) is 11.1 Å². The van der Waals surface area contributed by atoms with Gasteiger partial charge >= 0.3 is 0 Å². The van der Waals surface area contributed by atoms with E-state index in [4.69, 9.17) is 16.3 Å². The van der Waals surface area contributed by atoms with E-state index in [-0.39, 0.29) is 18.5 Å². The maximum Gasteiger partial charge on any atom is 0.238 e. The fourth-order valence-electron chi connectivity index (χ4n) is 2.74. The van der Waals surface area contributed by atoms with E-state index in [1.165, 1.54) is 0 Å². The van der Waals surface area contributed by atoms with Crippen LogP contribution in [0.4, 0.5) is 5.69 Å². The fraction of sp³-hybridized carbons (Fsp3) is 0.300. The Bertz CT molecular complexity index is 940. The molecule has 0 aliphatic heterocycles. The van der Waals surface area contributed by atoms with Crippen LogP contribution in [0.2, 0.25) is 5.02 Å². The van der Waals surface area contributed by atoms with Crippen molar-refractivity contribution in [3.05, 3.63) is 52.0 Å². The highest BCUT2D eigenvalue weighted by molar-refractivity contribution is 7.18. The second-order valence-electron chi connectivity index (χ2n) is 6.46. The number of amides is 1. The summed E-state index contributed by atoms with van der Waals surface area (Å²) in [7, 11) is 3.47. The Morgan fingerprint density at radius 3 is 2.81 bits per heavy atom. The van der Waals surface area contributed by atoms with Crippen LogP contribution in [0.15, 0.2) is 36.4 Å². The van der Waals surface area contributed by atoms with Gasteiger partial charge in [0.15, 0.2) is 0 Å². The number of carbonyl (C=O) groups is 1. The van der Waals surface area contributed by atoms with E-state index in [9.17, 15) is 4.79 Å². The number of hydrogen-bond donors (Lipinski definition) is 1. The van der Waals surface area contributed by atoms with Gasteiger partial charge in [0.2, 0.25) is 5.91 Å². The third kappa shape index (κ3) is 4.40. The van der Waals surface area contributed by atoms with Crippen molar-refractivity contribution < 1.29 is 9.53 Å². The molecule has 3 rings (SSSR count). The van der Waals surface area contributed by atoms with E-state index in [1.54, 1.807) is 24.5 Å². The Labute approximate surface area is 167 Å². The first-order valence-electron chi connectivity index (χ1n) is 8.58.